The highest BCUT2D eigenvalue weighted by Gasteiger charge is 2.32. The number of halogens is 3. The highest BCUT2D eigenvalue weighted by Crippen LogP contribution is 2.34. The van der Waals surface area contributed by atoms with Gasteiger partial charge in [0.2, 0.25) is 0 Å². The SMILES string of the molecule is Cc1nn(Cc2cccc(C(F)(F)F)c2)c(=O)c2c(O)c3n(c12)CCN(C)C3=O. The lowest BCUT2D eigenvalue weighted by Gasteiger charge is -2.25. The number of nitrogens with zero attached hydrogens (tertiary/aromatic N) is 4. The molecule has 1 N–H and O–H groups in total. The fourth-order valence-electron chi connectivity index (χ4n) is 3.69. The third-order valence-corrected chi connectivity index (χ3v) is 5.09. The lowest BCUT2D eigenvalue weighted by atomic mass is 10.1. The van der Waals surface area contributed by atoms with Gasteiger partial charge in [-0.25, -0.2) is 4.68 Å². The van der Waals surface area contributed by atoms with Crippen LogP contribution in [0.25, 0.3) is 10.9 Å². The van der Waals surface area contributed by atoms with Crippen LogP contribution in [0.3, 0.4) is 0 Å². The molecule has 0 saturated heterocycles. The maximum absolute atomic E-state index is 13.0. The van der Waals surface area contributed by atoms with E-state index in [1.54, 1.807) is 18.5 Å². The molecule has 0 atom stereocenters. The molecule has 3 heterocycles. The third kappa shape index (κ3) is 2.95. The summed E-state index contributed by atoms with van der Waals surface area (Å²) in [4.78, 5) is 26.9. The molecule has 2 aromatic heterocycles. The molecule has 1 aliphatic heterocycles. The van der Waals surface area contributed by atoms with Gasteiger partial charge < -0.3 is 14.6 Å². The Balaban J connectivity index is 1.87. The Hall–Kier alpha value is -3.30. The van der Waals surface area contributed by atoms with Crippen molar-refractivity contribution in [2.24, 2.45) is 0 Å². The minimum Gasteiger partial charge on any atom is -0.505 e. The molecule has 0 radical (unpaired) electrons. The molecular weight excluding hydrogens is 389 g/mol. The number of alkyl halides is 3. The van der Waals surface area contributed by atoms with Gasteiger partial charge in [0.1, 0.15) is 5.39 Å². The summed E-state index contributed by atoms with van der Waals surface area (Å²) in [5, 5.41) is 14.8. The summed E-state index contributed by atoms with van der Waals surface area (Å²) in [6.07, 6.45) is -4.50. The van der Waals surface area contributed by atoms with Crippen LogP contribution >= 0.6 is 0 Å². The minimum absolute atomic E-state index is 0.0209. The molecular formula is C19H17F3N4O3. The second kappa shape index (κ2) is 6.36. The zero-order chi connectivity index (χ0) is 21.1. The number of hydrogen-bond acceptors (Lipinski definition) is 4. The maximum atomic E-state index is 13.0. The van der Waals surface area contributed by atoms with Crippen LogP contribution in [0.4, 0.5) is 13.2 Å². The molecule has 0 unspecified atom stereocenters. The number of fused-ring (bicyclic) bond motifs is 3. The van der Waals surface area contributed by atoms with E-state index in [1.807, 2.05) is 0 Å². The first-order valence-corrected chi connectivity index (χ1v) is 8.84. The van der Waals surface area contributed by atoms with Gasteiger partial charge in [0.05, 0.1) is 23.3 Å². The first-order chi connectivity index (χ1) is 13.6. The van der Waals surface area contributed by atoms with Crippen LogP contribution in [0.15, 0.2) is 29.1 Å². The van der Waals surface area contributed by atoms with Crippen molar-refractivity contribution in [1.29, 1.82) is 0 Å². The standard InChI is InChI=1S/C19H17F3N4O3/c1-10-14-13(16(27)15-18(29)24(2)6-7-25(14)15)17(28)26(23-10)9-11-4-3-5-12(8-11)19(20,21)22/h3-5,8,27H,6-7,9H2,1-2H3. The molecule has 1 aliphatic rings. The first kappa shape index (κ1) is 19.0. The number of rotatable bonds is 2. The molecule has 7 nitrogen and oxygen atoms in total. The van der Waals surface area contributed by atoms with E-state index in [4.69, 9.17) is 0 Å². The number of benzene rings is 1. The van der Waals surface area contributed by atoms with E-state index >= 15 is 0 Å². The Kier molecular flexibility index (Phi) is 4.18. The molecule has 3 aromatic rings. The Morgan fingerprint density at radius 1 is 1.21 bits per heavy atom. The normalized spacial score (nSPS) is 14.5. The second-order valence-electron chi connectivity index (χ2n) is 7.05. The number of aryl methyl sites for hydroxylation is 1. The van der Waals surface area contributed by atoms with Crippen molar-refractivity contribution in [1.82, 2.24) is 19.2 Å². The van der Waals surface area contributed by atoms with Crippen LogP contribution in [0.5, 0.6) is 5.75 Å². The zero-order valence-electron chi connectivity index (χ0n) is 15.6. The van der Waals surface area contributed by atoms with Gasteiger partial charge in [-0.15, -0.1) is 0 Å². The van der Waals surface area contributed by atoms with Gasteiger partial charge in [-0.05, 0) is 24.6 Å². The van der Waals surface area contributed by atoms with Gasteiger partial charge in [0.15, 0.2) is 11.4 Å². The number of hydrogen-bond donors (Lipinski definition) is 1. The zero-order valence-corrected chi connectivity index (χ0v) is 15.6. The summed E-state index contributed by atoms with van der Waals surface area (Å²) < 4.78 is 41.4. The van der Waals surface area contributed by atoms with Gasteiger partial charge in [-0.3, -0.25) is 9.59 Å². The fraction of sp³-hybridized carbons (Fsp3) is 0.316. The van der Waals surface area contributed by atoms with Crippen LogP contribution in [0, 0.1) is 6.92 Å². The van der Waals surface area contributed by atoms with Crippen molar-refractivity contribution in [3.8, 4) is 5.75 Å². The highest BCUT2D eigenvalue weighted by molar-refractivity contribution is 6.04. The van der Waals surface area contributed by atoms with E-state index in [1.165, 1.54) is 17.0 Å². The van der Waals surface area contributed by atoms with E-state index in [-0.39, 0.29) is 23.2 Å². The first-order valence-electron chi connectivity index (χ1n) is 8.84. The summed E-state index contributed by atoms with van der Waals surface area (Å²) in [6, 6.07) is 4.63. The molecule has 10 heteroatoms. The van der Waals surface area contributed by atoms with Crippen LogP contribution in [0.1, 0.15) is 27.3 Å². The molecule has 152 valence electrons. The van der Waals surface area contributed by atoms with Crippen LogP contribution in [0.2, 0.25) is 0 Å². The smallest absolute Gasteiger partial charge is 0.416 e. The van der Waals surface area contributed by atoms with E-state index in [0.29, 0.717) is 24.3 Å². The van der Waals surface area contributed by atoms with Crippen molar-refractivity contribution >= 4 is 16.8 Å². The Morgan fingerprint density at radius 3 is 2.62 bits per heavy atom. The number of aromatic hydroxyl groups is 1. The largest absolute Gasteiger partial charge is 0.505 e. The van der Waals surface area contributed by atoms with Crippen molar-refractivity contribution in [2.45, 2.75) is 26.2 Å². The fourth-order valence-corrected chi connectivity index (χ4v) is 3.69. The van der Waals surface area contributed by atoms with Gasteiger partial charge >= 0.3 is 6.18 Å². The molecule has 29 heavy (non-hydrogen) atoms. The van der Waals surface area contributed by atoms with E-state index < -0.39 is 29.0 Å². The van der Waals surface area contributed by atoms with Crippen LogP contribution < -0.4 is 5.56 Å². The molecule has 0 bridgehead atoms. The van der Waals surface area contributed by atoms with Gasteiger partial charge in [-0.1, -0.05) is 12.1 Å². The average Bonchev–Trinajstić information content (AvgIpc) is 2.96. The van der Waals surface area contributed by atoms with E-state index in [9.17, 15) is 27.9 Å². The third-order valence-electron chi connectivity index (χ3n) is 5.09. The monoisotopic (exact) mass is 406 g/mol. The lowest BCUT2D eigenvalue weighted by molar-refractivity contribution is -0.137. The molecule has 4 rings (SSSR count). The summed E-state index contributed by atoms with van der Waals surface area (Å²) in [5.74, 6) is -0.835. The number of amides is 1. The number of aromatic nitrogens is 3. The van der Waals surface area contributed by atoms with Crippen molar-refractivity contribution in [2.75, 3.05) is 13.6 Å². The predicted octanol–water partition coefficient (Wildman–Crippen LogP) is 2.36. The van der Waals surface area contributed by atoms with Gasteiger partial charge in [0.25, 0.3) is 11.5 Å². The van der Waals surface area contributed by atoms with Crippen LogP contribution in [-0.2, 0) is 19.3 Å². The number of carbonyl (C=O) groups is 1. The molecule has 1 aromatic carbocycles. The molecule has 0 saturated carbocycles. The minimum atomic E-state index is -4.50. The average molecular weight is 406 g/mol. The number of likely N-dealkylation sites (N-methyl/N-ethyl adjacent to an activating group) is 1. The van der Waals surface area contributed by atoms with Crippen LogP contribution in [-0.4, -0.2) is 43.9 Å². The van der Waals surface area contributed by atoms with Gasteiger partial charge in [0, 0.05) is 20.1 Å². The quantitative estimate of drug-likeness (QED) is 0.709. The molecule has 1 amide bonds. The van der Waals surface area contributed by atoms with Crippen molar-refractivity contribution in [3.63, 3.8) is 0 Å². The predicted molar refractivity (Wildman–Crippen MR) is 97.9 cm³/mol. The Bertz CT molecular complexity index is 1210. The number of carbonyl (C=O) groups excluding carboxylic acids is 1. The molecule has 0 spiro atoms. The van der Waals surface area contributed by atoms with Crippen molar-refractivity contribution in [3.05, 3.63) is 57.1 Å². The summed E-state index contributed by atoms with van der Waals surface area (Å²) in [7, 11) is 1.60. The maximum Gasteiger partial charge on any atom is 0.416 e. The van der Waals surface area contributed by atoms with E-state index in [2.05, 4.69) is 5.10 Å². The highest BCUT2D eigenvalue weighted by atomic mass is 19.4. The Labute approximate surface area is 162 Å². The molecule has 0 aliphatic carbocycles. The second-order valence-corrected chi connectivity index (χ2v) is 7.05. The Morgan fingerprint density at radius 2 is 1.93 bits per heavy atom. The summed E-state index contributed by atoms with van der Waals surface area (Å²) in [6.45, 7) is 2.24. The van der Waals surface area contributed by atoms with Crippen molar-refractivity contribution < 1.29 is 23.1 Å². The summed E-state index contributed by atoms with van der Waals surface area (Å²) in [5.41, 5.74) is -0.468. The molecule has 0 fully saturated rings. The summed E-state index contributed by atoms with van der Waals surface area (Å²) >= 11 is 0. The topological polar surface area (TPSA) is 80.4 Å². The van der Waals surface area contributed by atoms with E-state index in [0.717, 1.165) is 16.8 Å². The van der Waals surface area contributed by atoms with Gasteiger partial charge in [-0.2, -0.15) is 18.3 Å². The lowest BCUT2D eigenvalue weighted by Crippen LogP contribution is -2.37.